The van der Waals surface area contributed by atoms with E-state index in [9.17, 15) is 18.8 Å². The van der Waals surface area contributed by atoms with Crippen molar-refractivity contribution in [1.29, 1.82) is 0 Å². The molecule has 0 aliphatic carbocycles. The Morgan fingerprint density at radius 2 is 2.00 bits per heavy atom. The zero-order chi connectivity index (χ0) is 13.7. The first kappa shape index (κ1) is 13.6. The number of carboxylic acids is 1. The number of hydrogen-bond acceptors (Lipinski definition) is 3. The Hall–Kier alpha value is -2.44. The second-order valence-corrected chi connectivity index (χ2v) is 3.45. The first-order chi connectivity index (χ1) is 8.40. The molecule has 0 radical (unpaired) electrons. The van der Waals surface area contributed by atoms with Crippen molar-refractivity contribution in [2.24, 2.45) is 0 Å². The third-order valence-electron chi connectivity index (χ3n) is 1.98. The van der Waals surface area contributed by atoms with Gasteiger partial charge in [-0.25, -0.2) is 9.18 Å². The zero-order valence-electron chi connectivity index (χ0n) is 9.49. The van der Waals surface area contributed by atoms with Crippen LogP contribution in [0.4, 0.5) is 10.1 Å². The first-order valence-electron chi connectivity index (χ1n) is 4.97. The van der Waals surface area contributed by atoms with E-state index in [1.54, 1.807) is 0 Å². The molecule has 0 saturated carbocycles. The third kappa shape index (κ3) is 3.85. The van der Waals surface area contributed by atoms with Gasteiger partial charge in [0.2, 0.25) is 11.8 Å². The smallest absolute Gasteiger partial charge is 0.337 e. The summed E-state index contributed by atoms with van der Waals surface area (Å²) in [6, 6.07) is 2.97. The molecule has 2 amide bonds. The molecule has 0 aliphatic rings. The molecular formula is C11H11FN2O4. The lowest BCUT2D eigenvalue weighted by molar-refractivity contribution is -0.122. The molecule has 0 aliphatic heterocycles. The summed E-state index contributed by atoms with van der Waals surface area (Å²) < 4.78 is 12.9. The molecule has 0 heterocycles. The summed E-state index contributed by atoms with van der Waals surface area (Å²) in [4.78, 5) is 32.8. The number of carbonyl (C=O) groups excluding carboxylic acids is 2. The van der Waals surface area contributed by atoms with Gasteiger partial charge in [0, 0.05) is 6.92 Å². The molecule has 1 aromatic rings. The highest BCUT2D eigenvalue weighted by molar-refractivity contribution is 6.01. The predicted octanol–water partition coefficient (Wildman–Crippen LogP) is 0.598. The summed E-state index contributed by atoms with van der Waals surface area (Å²) in [6.07, 6.45) is 0. The summed E-state index contributed by atoms with van der Waals surface area (Å²) in [6.45, 7) is 0.958. The minimum Gasteiger partial charge on any atom is -0.478 e. The van der Waals surface area contributed by atoms with E-state index in [4.69, 9.17) is 5.11 Å². The number of carbonyl (C=O) groups is 3. The van der Waals surface area contributed by atoms with Crippen molar-refractivity contribution in [1.82, 2.24) is 5.32 Å². The second kappa shape index (κ2) is 5.76. The molecule has 0 saturated heterocycles. The molecule has 1 aromatic carbocycles. The number of amides is 2. The normalized spacial score (nSPS) is 9.67. The van der Waals surface area contributed by atoms with Gasteiger partial charge in [-0.2, -0.15) is 0 Å². The van der Waals surface area contributed by atoms with Crippen LogP contribution in [-0.4, -0.2) is 29.4 Å². The number of anilines is 1. The maximum absolute atomic E-state index is 12.9. The highest BCUT2D eigenvalue weighted by Gasteiger charge is 2.13. The Morgan fingerprint density at radius 3 is 2.56 bits per heavy atom. The molecule has 0 spiro atoms. The third-order valence-corrected chi connectivity index (χ3v) is 1.98. The van der Waals surface area contributed by atoms with Crippen LogP contribution in [0.1, 0.15) is 17.3 Å². The van der Waals surface area contributed by atoms with E-state index in [-0.39, 0.29) is 23.7 Å². The fourth-order valence-corrected chi connectivity index (χ4v) is 1.20. The van der Waals surface area contributed by atoms with Gasteiger partial charge in [-0.1, -0.05) is 0 Å². The molecule has 3 N–H and O–H groups in total. The minimum atomic E-state index is -1.36. The minimum absolute atomic E-state index is 0.0285. The Balaban J connectivity index is 2.81. The van der Waals surface area contributed by atoms with Crippen LogP contribution in [0.2, 0.25) is 0 Å². The van der Waals surface area contributed by atoms with Crippen molar-refractivity contribution in [3.8, 4) is 0 Å². The Bertz CT molecular complexity index is 502. The lowest BCUT2D eigenvalue weighted by Gasteiger charge is -2.08. The molecule has 1 rings (SSSR count). The van der Waals surface area contributed by atoms with Crippen molar-refractivity contribution < 1.29 is 23.9 Å². The summed E-state index contributed by atoms with van der Waals surface area (Å²) >= 11 is 0. The second-order valence-electron chi connectivity index (χ2n) is 3.45. The van der Waals surface area contributed by atoms with Gasteiger partial charge >= 0.3 is 5.97 Å². The van der Waals surface area contributed by atoms with Gasteiger partial charge < -0.3 is 15.7 Å². The van der Waals surface area contributed by atoms with Crippen LogP contribution in [0, 0.1) is 5.82 Å². The average Bonchev–Trinajstić information content (AvgIpc) is 2.28. The number of rotatable bonds is 4. The number of nitrogens with one attached hydrogen (secondary N) is 2. The largest absolute Gasteiger partial charge is 0.478 e. The van der Waals surface area contributed by atoms with Crippen LogP contribution in [0.25, 0.3) is 0 Å². The molecule has 6 nitrogen and oxygen atoms in total. The highest BCUT2D eigenvalue weighted by atomic mass is 19.1. The molecule has 0 atom stereocenters. The van der Waals surface area contributed by atoms with E-state index in [1.807, 2.05) is 0 Å². The summed E-state index contributed by atoms with van der Waals surface area (Å²) in [5.74, 6) is -3.06. The van der Waals surface area contributed by atoms with E-state index in [0.717, 1.165) is 18.2 Å². The molecule has 7 heteroatoms. The van der Waals surface area contributed by atoms with Crippen molar-refractivity contribution in [3.63, 3.8) is 0 Å². The van der Waals surface area contributed by atoms with Gasteiger partial charge in [-0.05, 0) is 18.2 Å². The van der Waals surface area contributed by atoms with Gasteiger partial charge in [-0.3, -0.25) is 9.59 Å². The molecule has 0 aromatic heterocycles. The lowest BCUT2D eigenvalue weighted by Crippen LogP contribution is -2.31. The predicted molar refractivity (Wildman–Crippen MR) is 60.7 cm³/mol. The first-order valence-corrected chi connectivity index (χ1v) is 4.97. The van der Waals surface area contributed by atoms with Crippen LogP contribution >= 0.6 is 0 Å². The molecular weight excluding hydrogens is 243 g/mol. The van der Waals surface area contributed by atoms with Crippen LogP contribution in [0.3, 0.4) is 0 Å². The fourth-order valence-electron chi connectivity index (χ4n) is 1.20. The Kier molecular flexibility index (Phi) is 4.36. The average molecular weight is 254 g/mol. The van der Waals surface area contributed by atoms with E-state index >= 15 is 0 Å². The van der Waals surface area contributed by atoms with Crippen LogP contribution in [-0.2, 0) is 9.59 Å². The number of benzene rings is 1. The van der Waals surface area contributed by atoms with Crippen LogP contribution in [0.5, 0.6) is 0 Å². The topological polar surface area (TPSA) is 95.5 Å². The molecule has 0 bridgehead atoms. The zero-order valence-corrected chi connectivity index (χ0v) is 9.49. The lowest BCUT2D eigenvalue weighted by atomic mass is 10.1. The number of halogens is 1. The van der Waals surface area contributed by atoms with Gasteiger partial charge in [0.25, 0.3) is 0 Å². The summed E-state index contributed by atoms with van der Waals surface area (Å²) in [5.41, 5.74) is -0.384. The van der Waals surface area contributed by atoms with E-state index in [1.165, 1.54) is 6.92 Å². The number of hydrogen-bond donors (Lipinski definition) is 3. The van der Waals surface area contributed by atoms with Gasteiger partial charge in [0.05, 0.1) is 17.8 Å². The van der Waals surface area contributed by atoms with Crippen molar-refractivity contribution >= 4 is 23.5 Å². The van der Waals surface area contributed by atoms with E-state index < -0.39 is 17.7 Å². The molecule has 0 unspecified atom stereocenters. The molecule has 0 fully saturated rings. The molecule has 96 valence electrons. The number of carboxylic acid groups (broad SMARTS) is 1. The van der Waals surface area contributed by atoms with Crippen molar-refractivity contribution in [2.75, 3.05) is 11.9 Å². The van der Waals surface area contributed by atoms with E-state index in [2.05, 4.69) is 10.6 Å². The van der Waals surface area contributed by atoms with Crippen molar-refractivity contribution in [2.45, 2.75) is 6.92 Å². The van der Waals surface area contributed by atoms with Gasteiger partial charge in [0.15, 0.2) is 0 Å². The monoisotopic (exact) mass is 254 g/mol. The fraction of sp³-hybridized carbons (Fsp3) is 0.182. The van der Waals surface area contributed by atoms with E-state index in [0.29, 0.717) is 0 Å². The Labute approximate surface area is 102 Å². The van der Waals surface area contributed by atoms with Crippen LogP contribution in [0.15, 0.2) is 18.2 Å². The Morgan fingerprint density at radius 1 is 1.33 bits per heavy atom. The highest BCUT2D eigenvalue weighted by Crippen LogP contribution is 2.16. The number of aromatic carboxylic acids is 1. The van der Waals surface area contributed by atoms with Crippen LogP contribution < -0.4 is 10.6 Å². The standard InChI is InChI=1S/C11H11FN2O4/c1-6(15)13-5-10(16)14-9-3-2-7(12)4-8(9)11(17)18/h2-4H,5H2,1H3,(H,13,15)(H,14,16)(H,17,18). The maximum Gasteiger partial charge on any atom is 0.337 e. The summed E-state index contributed by atoms with van der Waals surface area (Å²) in [5, 5.41) is 13.4. The quantitative estimate of drug-likeness (QED) is 0.733. The molecule has 18 heavy (non-hydrogen) atoms. The SMILES string of the molecule is CC(=O)NCC(=O)Nc1ccc(F)cc1C(=O)O. The van der Waals surface area contributed by atoms with Gasteiger partial charge in [0.1, 0.15) is 5.82 Å². The summed E-state index contributed by atoms with van der Waals surface area (Å²) in [7, 11) is 0. The van der Waals surface area contributed by atoms with Crippen molar-refractivity contribution in [3.05, 3.63) is 29.6 Å². The van der Waals surface area contributed by atoms with Gasteiger partial charge in [-0.15, -0.1) is 0 Å². The maximum atomic E-state index is 12.9.